The molecule has 102 valence electrons. The van der Waals surface area contributed by atoms with E-state index in [9.17, 15) is 0 Å². The fourth-order valence-electron chi connectivity index (χ4n) is 3.19. The van der Waals surface area contributed by atoms with Gasteiger partial charge in [0.1, 0.15) is 0 Å². The Hall–Kier alpha value is -0.830. The van der Waals surface area contributed by atoms with Crippen molar-refractivity contribution in [3.63, 3.8) is 0 Å². The first-order valence-electron chi connectivity index (χ1n) is 7.16. The van der Waals surface area contributed by atoms with E-state index in [1.807, 2.05) is 0 Å². The van der Waals surface area contributed by atoms with Gasteiger partial charge in [-0.3, -0.25) is 4.68 Å². The smallest absolute Gasteiger partial charge is 0.0596 e. The topological polar surface area (TPSA) is 29.9 Å². The first kappa shape index (κ1) is 13.6. The molecule has 2 heterocycles. The summed E-state index contributed by atoms with van der Waals surface area (Å²) < 4.78 is 2.16. The number of hydrogen-bond acceptors (Lipinski definition) is 2. The summed E-state index contributed by atoms with van der Waals surface area (Å²) in [5.74, 6) is 0. The van der Waals surface area contributed by atoms with E-state index in [1.54, 1.807) is 0 Å². The number of aromatic nitrogens is 2. The van der Waals surface area contributed by atoms with Crippen LogP contribution in [-0.4, -0.2) is 21.9 Å². The molecule has 0 aromatic carbocycles. The summed E-state index contributed by atoms with van der Waals surface area (Å²) >= 11 is 0. The molecular weight excluding hydrogens is 222 g/mol. The molecular formula is C15H27N3. The van der Waals surface area contributed by atoms with Gasteiger partial charge in [0.25, 0.3) is 0 Å². The molecule has 3 nitrogen and oxygen atoms in total. The largest absolute Gasteiger partial charge is 0.310 e. The van der Waals surface area contributed by atoms with E-state index >= 15 is 0 Å². The second-order valence-corrected chi connectivity index (χ2v) is 6.63. The fraction of sp³-hybridized carbons (Fsp3) is 0.800. The van der Waals surface area contributed by atoms with Gasteiger partial charge in [-0.25, -0.2) is 0 Å². The summed E-state index contributed by atoms with van der Waals surface area (Å²) in [6.45, 7) is 13.4. The maximum atomic E-state index is 4.57. The Kier molecular flexibility index (Phi) is 3.54. The second kappa shape index (κ2) is 4.69. The summed E-state index contributed by atoms with van der Waals surface area (Å²) in [5, 5.41) is 8.35. The number of nitrogens with zero attached hydrogens (tertiary/aromatic N) is 2. The van der Waals surface area contributed by atoms with Crippen LogP contribution in [0.5, 0.6) is 0 Å². The third kappa shape index (κ3) is 2.33. The highest BCUT2D eigenvalue weighted by atomic mass is 15.3. The summed E-state index contributed by atoms with van der Waals surface area (Å²) in [6.07, 6.45) is 3.64. The van der Waals surface area contributed by atoms with Crippen molar-refractivity contribution in [1.29, 1.82) is 0 Å². The van der Waals surface area contributed by atoms with Gasteiger partial charge in [-0.2, -0.15) is 5.10 Å². The van der Waals surface area contributed by atoms with Crippen LogP contribution in [0.15, 0.2) is 6.07 Å². The van der Waals surface area contributed by atoms with Gasteiger partial charge >= 0.3 is 0 Å². The van der Waals surface area contributed by atoms with Crippen LogP contribution in [0, 0.1) is 12.3 Å². The zero-order valence-electron chi connectivity index (χ0n) is 12.5. The van der Waals surface area contributed by atoms with Crippen molar-refractivity contribution in [1.82, 2.24) is 15.1 Å². The fourth-order valence-corrected chi connectivity index (χ4v) is 3.19. The van der Waals surface area contributed by atoms with Crippen LogP contribution in [-0.2, 0) is 13.0 Å². The maximum absolute atomic E-state index is 4.57. The lowest BCUT2D eigenvalue weighted by molar-refractivity contribution is 0.156. The molecule has 0 aliphatic carbocycles. The SMILES string of the molecule is CCn1nc(C)cc1CC1(C(C)(C)C)CCCN1. The lowest BCUT2D eigenvalue weighted by Gasteiger charge is -2.42. The van der Waals surface area contributed by atoms with Crippen LogP contribution in [0.25, 0.3) is 0 Å². The van der Waals surface area contributed by atoms with Gasteiger partial charge in [0, 0.05) is 24.2 Å². The lowest BCUT2D eigenvalue weighted by Crippen LogP contribution is -2.52. The number of hydrogen-bond donors (Lipinski definition) is 1. The first-order chi connectivity index (χ1) is 8.38. The number of nitrogens with one attached hydrogen (secondary N) is 1. The predicted octanol–water partition coefficient (Wildman–Crippen LogP) is 2.92. The molecule has 1 aromatic heterocycles. The minimum atomic E-state index is 0.229. The molecule has 1 saturated heterocycles. The van der Waals surface area contributed by atoms with Crippen LogP contribution in [0.3, 0.4) is 0 Å². The summed E-state index contributed by atoms with van der Waals surface area (Å²) in [6, 6.07) is 2.25. The van der Waals surface area contributed by atoms with Crippen LogP contribution in [0.2, 0.25) is 0 Å². The summed E-state index contributed by atoms with van der Waals surface area (Å²) in [4.78, 5) is 0. The van der Waals surface area contributed by atoms with Gasteiger partial charge in [-0.15, -0.1) is 0 Å². The molecule has 1 unspecified atom stereocenters. The molecule has 1 N–H and O–H groups in total. The molecule has 1 atom stereocenters. The van der Waals surface area contributed by atoms with Gasteiger partial charge in [0.2, 0.25) is 0 Å². The highest BCUT2D eigenvalue weighted by molar-refractivity contribution is 5.16. The van der Waals surface area contributed by atoms with Gasteiger partial charge in [0.05, 0.1) is 5.69 Å². The molecule has 3 heteroatoms. The van der Waals surface area contributed by atoms with Gasteiger partial charge in [-0.05, 0) is 44.7 Å². The van der Waals surface area contributed by atoms with Crippen molar-refractivity contribution in [3.05, 3.63) is 17.5 Å². The normalized spacial score (nSPS) is 24.7. The molecule has 2 rings (SSSR count). The monoisotopic (exact) mass is 249 g/mol. The Labute approximate surface area is 111 Å². The zero-order chi connectivity index (χ0) is 13.4. The first-order valence-corrected chi connectivity index (χ1v) is 7.16. The molecule has 0 spiro atoms. The Morgan fingerprint density at radius 1 is 1.44 bits per heavy atom. The molecule has 1 aliphatic rings. The molecule has 0 amide bonds. The van der Waals surface area contributed by atoms with Crippen molar-refractivity contribution in [2.24, 2.45) is 5.41 Å². The number of rotatable bonds is 3. The Balaban J connectivity index is 2.29. The van der Waals surface area contributed by atoms with E-state index in [0.717, 1.165) is 25.2 Å². The van der Waals surface area contributed by atoms with E-state index in [4.69, 9.17) is 0 Å². The second-order valence-electron chi connectivity index (χ2n) is 6.63. The average molecular weight is 249 g/mol. The standard InChI is InChI=1S/C15H27N3/c1-6-18-13(10-12(2)17-18)11-15(14(3,4)5)8-7-9-16-15/h10,16H,6-9,11H2,1-5H3. The average Bonchev–Trinajstić information content (AvgIpc) is 2.85. The van der Waals surface area contributed by atoms with E-state index in [-0.39, 0.29) is 11.0 Å². The molecule has 1 aromatic rings. The van der Waals surface area contributed by atoms with E-state index < -0.39 is 0 Å². The third-order valence-electron chi connectivity index (χ3n) is 4.45. The van der Waals surface area contributed by atoms with Crippen molar-refractivity contribution in [2.45, 2.75) is 66.0 Å². The van der Waals surface area contributed by atoms with E-state index in [0.29, 0.717) is 0 Å². The van der Waals surface area contributed by atoms with Crippen molar-refractivity contribution in [2.75, 3.05) is 6.54 Å². The molecule has 18 heavy (non-hydrogen) atoms. The van der Waals surface area contributed by atoms with E-state index in [2.05, 4.69) is 55.8 Å². The highest BCUT2D eigenvalue weighted by Crippen LogP contribution is 2.39. The Bertz CT molecular complexity index is 406. The summed E-state index contributed by atoms with van der Waals surface area (Å²) in [5.41, 5.74) is 3.01. The quantitative estimate of drug-likeness (QED) is 0.892. The maximum Gasteiger partial charge on any atom is 0.0596 e. The van der Waals surface area contributed by atoms with Gasteiger partial charge in [0.15, 0.2) is 0 Å². The molecule has 0 radical (unpaired) electrons. The predicted molar refractivity (Wildman–Crippen MR) is 75.8 cm³/mol. The minimum Gasteiger partial charge on any atom is -0.310 e. The number of aryl methyl sites for hydroxylation is 2. The van der Waals surface area contributed by atoms with Crippen LogP contribution in [0.4, 0.5) is 0 Å². The molecule has 1 fully saturated rings. The van der Waals surface area contributed by atoms with Gasteiger partial charge in [-0.1, -0.05) is 20.8 Å². The molecule has 1 aliphatic heterocycles. The van der Waals surface area contributed by atoms with Crippen LogP contribution in [0.1, 0.15) is 51.9 Å². The van der Waals surface area contributed by atoms with Crippen LogP contribution < -0.4 is 5.32 Å². The third-order valence-corrected chi connectivity index (χ3v) is 4.45. The minimum absolute atomic E-state index is 0.229. The van der Waals surface area contributed by atoms with Crippen molar-refractivity contribution < 1.29 is 0 Å². The molecule has 0 saturated carbocycles. The lowest BCUT2D eigenvalue weighted by atomic mass is 9.70. The molecule has 0 bridgehead atoms. The van der Waals surface area contributed by atoms with Gasteiger partial charge < -0.3 is 5.32 Å². The Morgan fingerprint density at radius 3 is 2.67 bits per heavy atom. The van der Waals surface area contributed by atoms with Crippen molar-refractivity contribution >= 4 is 0 Å². The van der Waals surface area contributed by atoms with Crippen LogP contribution >= 0.6 is 0 Å². The van der Waals surface area contributed by atoms with E-state index in [1.165, 1.54) is 18.5 Å². The van der Waals surface area contributed by atoms with Crippen molar-refractivity contribution in [3.8, 4) is 0 Å². The Morgan fingerprint density at radius 2 is 2.17 bits per heavy atom. The highest BCUT2D eigenvalue weighted by Gasteiger charge is 2.44. The summed E-state index contributed by atoms with van der Waals surface area (Å²) in [7, 11) is 0. The zero-order valence-corrected chi connectivity index (χ0v) is 12.5.